The Morgan fingerprint density at radius 3 is 2.62 bits per heavy atom. The van der Waals surface area contributed by atoms with Crippen molar-refractivity contribution in [1.29, 1.82) is 0 Å². The average molecular weight is 229 g/mol. The van der Waals surface area contributed by atoms with Gasteiger partial charge in [-0.05, 0) is 18.6 Å². The van der Waals surface area contributed by atoms with Crippen LogP contribution in [0.5, 0.6) is 5.75 Å². The molecule has 6 heteroatoms. The minimum atomic E-state index is -1.44. The van der Waals surface area contributed by atoms with Gasteiger partial charge in [0.15, 0.2) is 0 Å². The van der Waals surface area contributed by atoms with Crippen LogP contribution in [0.2, 0.25) is 0 Å². The van der Waals surface area contributed by atoms with Crippen molar-refractivity contribution < 1.29 is 24.5 Å². The Labute approximate surface area is 90.9 Å². The number of aromatic carboxylic acids is 1. The van der Waals surface area contributed by atoms with Crippen LogP contribution in [0.15, 0.2) is 12.1 Å². The van der Waals surface area contributed by atoms with Gasteiger partial charge in [-0.2, -0.15) is 0 Å². The first-order chi connectivity index (χ1) is 7.47. The summed E-state index contributed by atoms with van der Waals surface area (Å²) in [7, 11) is 0. The lowest BCUT2D eigenvalue weighted by molar-refractivity contribution is 0.0693. The van der Waals surface area contributed by atoms with E-state index in [9.17, 15) is 14.3 Å². The number of carboxylic acid groups (broad SMARTS) is 1. The number of nitrogens with two attached hydrogens (primary N) is 1. The van der Waals surface area contributed by atoms with Gasteiger partial charge in [0.05, 0.1) is 0 Å². The number of aliphatic hydroxyl groups is 1. The summed E-state index contributed by atoms with van der Waals surface area (Å²) in [6, 6.07) is 0.869. The fourth-order valence-electron chi connectivity index (χ4n) is 1.36. The number of aliphatic hydroxyl groups excluding tert-OH is 1. The van der Waals surface area contributed by atoms with Crippen LogP contribution in [0.3, 0.4) is 0 Å². The Bertz CT molecular complexity index is 408. The molecule has 16 heavy (non-hydrogen) atoms. The molecule has 0 bridgehead atoms. The largest absolute Gasteiger partial charge is 0.507 e. The maximum absolute atomic E-state index is 13.1. The molecule has 1 rings (SSSR count). The standard InChI is InChI=1S/C10H12FNO4/c11-5-3-6(8(12)1-2-13)9(14)7(4-5)10(15)16/h3-4,8,13-14H,1-2,12H2,(H,15,16)/t8-/m1/s1. The predicted molar refractivity (Wildman–Crippen MR) is 53.7 cm³/mol. The third kappa shape index (κ3) is 2.47. The van der Waals surface area contributed by atoms with E-state index in [2.05, 4.69) is 0 Å². The van der Waals surface area contributed by atoms with Crippen LogP contribution < -0.4 is 5.73 Å². The first-order valence-corrected chi connectivity index (χ1v) is 4.59. The Morgan fingerprint density at radius 1 is 1.50 bits per heavy atom. The molecule has 5 N–H and O–H groups in total. The highest BCUT2D eigenvalue weighted by Crippen LogP contribution is 2.29. The van der Waals surface area contributed by atoms with E-state index in [0.29, 0.717) is 6.07 Å². The third-order valence-electron chi connectivity index (χ3n) is 2.17. The van der Waals surface area contributed by atoms with Gasteiger partial charge < -0.3 is 21.1 Å². The van der Waals surface area contributed by atoms with Gasteiger partial charge in [0, 0.05) is 18.2 Å². The number of carboxylic acids is 1. The van der Waals surface area contributed by atoms with Crippen molar-refractivity contribution in [2.45, 2.75) is 12.5 Å². The highest BCUT2D eigenvalue weighted by atomic mass is 19.1. The number of benzene rings is 1. The number of carbonyl (C=O) groups is 1. The summed E-state index contributed by atoms with van der Waals surface area (Å²) < 4.78 is 13.1. The molecular formula is C10H12FNO4. The molecule has 0 heterocycles. The number of hydrogen-bond acceptors (Lipinski definition) is 4. The highest BCUT2D eigenvalue weighted by molar-refractivity contribution is 5.91. The fraction of sp³-hybridized carbons (Fsp3) is 0.300. The molecule has 0 radical (unpaired) electrons. The lowest BCUT2D eigenvalue weighted by Crippen LogP contribution is -2.14. The first-order valence-electron chi connectivity index (χ1n) is 4.59. The molecule has 0 aliphatic heterocycles. The van der Waals surface area contributed by atoms with Gasteiger partial charge in [0.25, 0.3) is 0 Å². The Morgan fingerprint density at radius 2 is 2.12 bits per heavy atom. The van der Waals surface area contributed by atoms with E-state index in [0.717, 1.165) is 6.07 Å². The molecule has 0 amide bonds. The molecule has 5 nitrogen and oxygen atoms in total. The monoisotopic (exact) mass is 229 g/mol. The van der Waals surface area contributed by atoms with Gasteiger partial charge in [-0.1, -0.05) is 0 Å². The predicted octanol–water partition coefficient (Wildman–Crippen LogP) is 0.612. The number of aromatic hydroxyl groups is 1. The van der Waals surface area contributed by atoms with Crippen LogP contribution in [-0.4, -0.2) is 27.9 Å². The molecule has 88 valence electrons. The van der Waals surface area contributed by atoms with Gasteiger partial charge >= 0.3 is 5.97 Å². The van der Waals surface area contributed by atoms with Gasteiger partial charge in [0.1, 0.15) is 17.1 Å². The van der Waals surface area contributed by atoms with Crippen molar-refractivity contribution in [3.63, 3.8) is 0 Å². The molecule has 1 atom stereocenters. The second-order valence-corrected chi connectivity index (χ2v) is 3.32. The van der Waals surface area contributed by atoms with Gasteiger partial charge in [-0.25, -0.2) is 9.18 Å². The number of hydrogen-bond donors (Lipinski definition) is 4. The summed E-state index contributed by atoms with van der Waals surface area (Å²) in [5.41, 5.74) is 5.00. The zero-order valence-corrected chi connectivity index (χ0v) is 8.35. The molecule has 1 aromatic rings. The van der Waals surface area contributed by atoms with Crippen LogP contribution in [0.1, 0.15) is 28.4 Å². The minimum Gasteiger partial charge on any atom is -0.507 e. The molecule has 0 unspecified atom stereocenters. The number of phenols is 1. The molecule has 0 aliphatic carbocycles. The molecule has 1 aromatic carbocycles. The summed E-state index contributed by atoms with van der Waals surface area (Å²) in [6.07, 6.45) is 0.107. The van der Waals surface area contributed by atoms with E-state index >= 15 is 0 Å². The fourth-order valence-corrected chi connectivity index (χ4v) is 1.36. The normalized spacial score (nSPS) is 12.4. The lowest BCUT2D eigenvalue weighted by Gasteiger charge is -2.13. The number of halogens is 1. The molecular weight excluding hydrogens is 217 g/mol. The van der Waals surface area contributed by atoms with Crippen molar-refractivity contribution in [3.8, 4) is 5.75 Å². The minimum absolute atomic E-state index is 0.0218. The third-order valence-corrected chi connectivity index (χ3v) is 2.17. The Balaban J connectivity index is 3.23. The molecule has 0 saturated heterocycles. The molecule has 0 aromatic heterocycles. The van der Waals surface area contributed by atoms with Crippen molar-refractivity contribution in [2.24, 2.45) is 5.73 Å². The van der Waals surface area contributed by atoms with E-state index in [4.69, 9.17) is 15.9 Å². The van der Waals surface area contributed by atoms with E-state index in [1.165, 1.54) is 0 Å². The van der Waals surface area contributed by atoms with Crippen LogP contribution >= 0.6 is 0 Å². The Kier molecular flexibility index (Phi) is 3.81. The van der Waals surface area contributed by atoms with Crippen LogP contribution in [-0.2, 0) is 0 Å². The van der Waals surface area contributed by atoms with Gasteiger partial charge in [0.2, 0.25) is 0 Å². The summed E-state index contributed by atoms with van der Waals surface area (Å²) in [6.45, 7) is -0.237. The van der Waals surface area contributed by atoms with Gasteiger partial charge in [-0.15, -0.1) is 0 Å². The molecule has 0 fully saturated rings. The topological polar surface area (TPSA) is 104 Å². The summed E-state index contributed by atoms with van der Waals surface area (Å²) in [4.78, 5) is 10.7. The van der Waals surface area contributed by atoms with Gasteiger partial charge in [-0.3, -0.25) is 0 Å². The van der Waals surface area contributed by atoms with Crippen molar-refractivity contribution >= 4 is 5.97 Å². The SMILES string of the molecule is N[C@H](CCO)c1cc(F)cc(C(=O)O)c1O. The van der Waals surface area contributed by atoms with Crippen LogP contribution in [0, 0.1) is 5.82 Å². The maximum Gasteiger partial charge on any atom is 0.339 e. The van der Waals surface area contributed by atoms with Crippen molar-refractivity contribution in [3.05, 3.63) is 29.1 Å². The first kappa shape index (κ1) is 12.4. The van der Waals surface area contributed by atoms with Crippen molar-refractivity contribution in [2.75, 3.05) is 6.61 Å². The van der Waals surface area contributed by atoms with E-state index in [1.54, 1.807) is 0 Å². The molecule has 0 saturated carbocycles. The van der Waals surface area contributed by atoms with E-state index in [-0.39, 0.29) is 18.6 Å². The summed E-state index contributed by atoms with van der Waals surface area (Å²) in [5.74, 6) is -2.79. The zero-order valence-electron chi connectivity index (χ0n) is 8.35. The Hall–Kier alpha value is -1.66. The molecule has 0 spiro atoms. The number of rotatable bonds is 4. The maximum atomic E-state index is 13.1. The highest BCUT2D eigenvalue weighted by Gasteiger charge is 2.19. The van der Waals surface area contributed by atoms with E-state index < -0.39 is 29.1 Å². The smallest absolute Gasteiger partial charge is 0.339 e. The van der Waals surface area contributed by atoms with Crippen molar-refractivity contribution in [1.82, 2.24) is 0 Å². The molecule has 0 aliphatic rings. The van der Waals surface area contributed by atoms with E-state index in [1.807, 2.05) is 0 Å². The average Bonchev–Trinajstić information content (AvgIpc) is 2.20. The van der Waals surface area contributed by atoms with Crippen LogP contribution in [0.25, 0.3) is 0 Å². The summed E-state index contributed by atoms with van der Waals surface area (Å²) in [5, 5.41) is 26.9. The second-order valence-electron chi connectivity index (χ2n) is 3.32. The lowest BCUT2D eigenvalue weighted by atomic mass is 10.0. The van der Waals surface area contributed by atoms with Crippen LogP contribution in [0.4, 0.5) is 4.39 Å². The second kappa shape index (κ2) is 4.91. The quantitative estimate of drug-likeness (QED) is 0.605. The summed E-state index contributed by atoms with van der Waals surface area (Å²) >= 11 is 0. The zero-order chi connectivity index (χ0) is 12.3.